The number of fused-ring (bicyclic) bond motifs is 1. The quantitative estimate of drug-likeness (QED) is 0.574. The molecule has 3 aromatic rings. The van der Waals surface area contributed by atoms with Gasteiger partial charge < -0.3 is 10.7 Å². The van der Waals surface area contributed by atoms with Crippen molar-refractivity contribution >= 4 is 51.4 Å². The van der Waals surface area contributed by atoms with Gasteiger partial charge in [0.2, 0.25) is 4.47 Å². The van der Waals surface area contributed by atoms with E-state index in [0.29, 0.717) is 10.2 Å². The second kappa shape index (κ2) is 4.75. The van der Waals surface area contributed by atoms with E-state index in [0.717, 1.165) is 26.9 Å². The smallest absolute Gasteiger partial charge is 0.207 e. The van der Waals surface area contributed by atoms with E-state index in [1.54, 1.807) is 11.8 Å². The Morgan fingerprint density at radius 3 is 3.06 bits per heavy atom. The van der Waals surface area contributed by atoms with Gasteiger partial charge >= 0.3 is 0 Å². The van der Waals surface area contributed by atoms with Gasteiger partial charge in [-0.05, 0) is 29.8 Å². The molecule has 0 unspecified atom stereocenters. The molecule has 0 fully saturated rings. The Kier molecular flexibility index (Phi) is 3.11. The molecule has 0 aliphatic rings. The third kappa shape index (κ3) is 2.43. The lowest BCUT2D eigenvalue weighted by Gasteiger charge is -1.91. The maximum absolute atomic E-state index is 5.72. The van der Waals surface area contributed by atoms with Crippen molar-refractivity contribution in [2.24, 2.45) is 0 Å². The van der Waals surface area contributed by atoms with Crippen molar-refractivity contribution < 1.29 is 0 Å². The van der Waals surface area contributed by atoms with E-state index in [9.17, 15) is 0 Å². The second-order valence-corrected chi connectivity index (χ2v) is 6.16. The summed E-state index contributed by atoms with van der Waals surface area (Å²) in [6.45, 7) is 0. The largest absolute Gasteiger partial charge is 0.399 e. The summed E-state index contributed by atoms with van der Waals surface area (Å²) in [5.41, 5.74) is 8.28. The number of aromatic amines is 1. The lowest BCUT2D eigenvalue weighted by Crippen LogP contribution is -1.82. The molecule has 0 saturated carbocycles. The molecule has 1 aromatic carbocycles. The zero-order chi connectivity index (χ0) is 12.5. The highest BCUT2D eigenvalue weighted by atomic mass is 35.5. The van der Waals surface area contributed by atoms with Crippen LogP contribution in [0.15, 0.2) is 23.4 Å². The van der Waals surface area contributed by atoms with E-state index in [1.165, 1.54) is 11.3 Å². The summed E-state index contributed by atoms with van der Waals surface area (Å²) in [5, 5.41) is 9.42. The maximum atomic E-state index is 5.72. The lowest BCUT2D eigenvalue weighted by molar-refractivity contribution is 1.03. The normalized spacial score (nSPS) is 11.2. The van der Waals surface area contributed by atoms with E-state index >= 15 is 0 Å². The van der Waals surface area contributed by atoms with Crippen molar-refractivity contribution in [1.82, 2.24) is 20.2 Å². The third-order valence-electron chi connectivity index (χ3n) is 2.26. The average molecular weight is 298 g/mol. The second-order valence-electron chi connectivity index (χ2n) is 3.56. The Bertz CT molecular complexity index is 692. The molecular weight excluding hydrogens is 290 g/mol. The van der Waals surface area contributed by atoms with Gasteiger partial charge in [-0.3, -0.25) is 0 Å². The number of rotatable bonds is 3. The molecule has 0 bridgehead atoms. The van der Waals surface area contributed by atoms with E-state index in [4.69, 9.17) is 17.3 Å². The van der Waals surface area contributed by atoms with Gasteiger partial charge in [0.05, 0.1) is 16.8 Å². The molecule has 0 spiro atoms. The first-order chi connectivity index (χ1) is 8.70. The van der Waals surface area contributed by atoms with Crippen LogP contribution in [0.2, 0.25) is 4.47 Å². The highest BCUT2D eigenvalue weighted by Crippen LogP contribution is 2.26. The van der Waals surface area contributed by atoms with Crippen molar-refractivity contribution in [3.8, 4) is 0 Å². The number of benzene rings is 1. The number of H-pyrrole nitrogens is 1. The minimum atomic E-state index is 0.461. The Hall–Kier alpha value is -1.31. The number of hydrogen-bond donors (Lipinski definition) is 2. The van der Waals surface area contributed by atoms with Crippen LogP contribution in [0.25, 0.3) is 11.0 Å². The zero-order valence-electron chi connectivity index (χ0n) is 9.05. The van der Waals surface area contributed by atoms with Crippen LogP contribution in [-0.4, -0.2) is 20.2 Å². The number of nitrogen functional groups attached to an aromatic ring is 1. The van der Waals surface area contributed by atoms with Crippen LogP contribution in [0.5, 0.6) is 0 Å². The van der Waals surface area contributed by atoms with E-state index in [1.807, 2.05) is 18.2 Å². The predicted molar refractivity (Wildman–Crippen MR) is 75.0 cm³/mol. The van der Waals surface area contributed by atoms with Gasteiger partial charge in [0.15, 0.2) is 5.16 Å². The number of hydrogen-bond acceptors (Lipinski definition) is 6. The number of nitrogens with one attached hydrogen (secondary N) is 1. The van der Waals surface area contributed by atoms with Crippen LogP contribution in [0, 0.1) is 0 Å². The molecule has 2 aromatic heterocycles. The monoisotopic (exact) mass is 297 g/mol. The standard InChI is InChI=1S/C10H8ClN5S2/c11-9-16-15-8(18-9)4-17-10-13-6-2-1-5(12)3-7(6)14-10/h1-3H,4,12H2,(H,13,14). The van der Waals surface area contributed by atoms with Crippen LogP contribution in [0.1, 0.15) is 5.01 Å². The molecule has 5 nitrogen and oxygen atoms in total. The Labute approximate surface area is 116 Å². The summed E-state index contributed by atoms with van der Waals surface area (Å²) >= 11 is 8.66. The minimum absolute atomic E-state index is 0.461. The van der Waals surface area contributed by atoms with Gasteiger partial charge in [0, 0.05) is 5.69 Å². The number of nitrogens with two attached hydrogens (primary N) is 1. The van der Waals surface area contributed by atoms with Crippen molar-refractivity contribution in [3.63, 3.8) is 0 Å². The Balaban J connectivity index is 1.78. The van der Waals surface area contributed by atoms with Crippen LogP contribution < -0.4 is 5.73 Å². The van der Waals surface area contributed by atoms with Crippen LogP contribution in [-0.2, 0) is 5.75 Å². The predicted octanol–water partition coefficient (Wildman–Crippen LogP) is 2.94. The summed E-state index contributed by atoms with van der Waals surface area (Å²) < 4.78 is 0.461. The van der Waals surface area contributed by atoms with Crippen molar-refractivity contribution in [2.75, 3.05) is 5.73 Å². The summed E-state index contributed by atoms with van der Waals surface area (Å²) in [7, 11) is 0. The SMILES string of the molecule is Nc1ccc2nc(SCc3nnc(Cl)s3)[nH]c2c1. The van der Waals surface area contributed by atoms with Crippen molar-refractivity contribution in [1.29, 1.82) is 0 Å². The molecule has 0 radical (unpaired) electrons. The van der Waals surface area contributed by atoms with E-state index in [2.05, 4.69) is 20.2 Å². The molecule has 0 aliphatic carbocycles. The first kappa shape index (κ1) is 11.8. The summed E-state index contributed by atoms with van der Waals surface area (Å²) in [4.78, 5) is 7.66. The van der Waals surface area contributed by atoms with Crippen LogP contribution in [0.4, 0.5) is 5.69 Å². The van der Waals surface area contributed by atoms with Gasteiger partial charge in [0.25, 0.3) is 0 Å². The number of anilines is 1. The van der Waals surface area contributed by atoms with Crippen LogP contribution in [0.3, 0.4) is 0 Å². The van der Waals surface area contributed by atoms with Gasteiger partial charge in [-0.25, -0.2) is 4.98 Å². The number of thioether (sulfide) groups is 1. The molecule has 0 atom stereocenters. The fourth-order valence-corrected chi connectivity index (χ4v) is 3.23. The highest BCUT2D eigenvalue weighted by Gasteiger charge is 2.06. The van der Waals surface area contributed by atoms with Crippen LogP contribution >= 0.6 is 34.7 Å². The molecule has 18 heavy (non-hydrogen) atoms. The topological polar surface area (TPSA) is 80.5 Å². The molecule has 0 amide bonds. The summed E-state index contributed by atoms with van der Waals surface area (Å²) in [6, 6.07) is 5.60. The van der Waals surface area contributed by atoms with Gasteiger partial charge in [-0.2, -0.15) is 0 Å². The van der Waals surface area contributed by atoms with Crippen molar-refractivity contribution in [2.45, 2.75) is 10.9 Å². The maximum Gasteiger partial charge on any atom is 0.207 e. The highest BCUT2D eigenvalue weighted by molar-refractivity contribution is 7.98. The average Bonchev–Trinajstić information content (AvgIpc) is 2.92. The van der Waals surface area contributed by atoms with E-state index in [-0.39, 0.29) is 0 Å². The number of nitrogens with zero attached hydrogens (tertiary/aromatic N) is 3. The fraction of sp³-hybridized carbons (Fsp3) is 0.100. The summed E-state index contributed by atoms with van der Waals surface area (Å²) in [5.74, 6) is 0.694. The number of imidazole rings is 1. The molecule has 0 aliphatic heterocycles. The molecular formula is C10H8ClN5S2. The van der Waals surface area contributed by atoms with Crippen molar-refractivity contribution in [3.05, 3.63) is 27.7 Å². The molecule has 92 valence electrons. The van der Waals surface area contributed by atoms with Gasteiger partial charge in [-0.1, -0.05) is 23.1 Å². The molecule has 0 saturated heterocycles. The molecule has 8 heteroatoms. The van der Waals surface area contributed by atoms with Gasteiger partial charge in [0.1, 0.15) is 5.01 Å². The van der Waals surface area contributed by atoms with E-state index < -0.39 is 0 Å². The lowest BCUT2D eigenvalue weighted by atomic mass is 10.3. The number of halogens is 1. The van der Waals surface area contributed by atoms with Gasteiger partial charge in [-0.15, -0.1) is 10.2 Å². The fourth-order valence-electron chi connectivity index (χ4n) is 1.49. The number of aromatic nitrogens is 4. The Morgan fingerprint density at radius 2 is 2.28 bits per heavy atom. The summed E-state index contributed by atoms with van der Waals surface area (Å²) in [6.07, 6.45) is 0. The Morgan fingerprint density at radius 1 is 1.39 bits per heavy atom. The first-order valence-corrected chi connectivity index (χ1v) is 7.24. The molecule has 3 N–H and O–H groups in total. The zero-order valence-corrected chi connectivity index (χ0v) is 11.4. The first-order valence-electron chi connectivity index (χ1n) is 5.06. The molecule has 3 rings (SSSR count). The molecule has 2 heterocycles. The minimum Gasteiger partial charge on any atom is -0.399 e. The third-order valence-corrected chi connectivity index (χ3v) is 4.34.